The lowest BCUT2D eigenvalue weighted by molar-refractivity contribution is -0.135. The zero-order valence-electron chi connectivity index (χ0n) is 15.2. The number of benzene rings is 2. The number of amides is 2. The summed E-state index contributed by atoms with van der Waals surface area (Å²) in [5, 5.41) is 13.5. The second-order valence-corrected chi connectivity index (χ2v) is 5.60. The average molecular weight is 384 g/mol. The molecule has 2 aromatic rings. The van der Waals surface area contributed by atoms with Gasteiger partial charge in [0, 0.05) is 24.4 Å². The number of hydrogen-bond acceptors (Lipinski definition) is 5. The number of methoxy groups -OCH3 is 1. The molecule has 28 heavy (non-hydrogen) atoms. The number of carbonyl (C=O) groups is 3. The molecule has 0 aromatic heterocycles. The lowest BCUT2D eigenvalue weighted by Crippen LogP contribution is -2.29. The van der Waals surface area contributed by atoms with Gasteiger partial charge in [0.15, 0.2) is 6.79 Å². The van der Waals surface area contributed by atoms with Gasteiger partial charge in [-0.15, -0.1) is 0 Å². The van der Waals surface area contributed by atoms with E-state index in [1.807, 2.05) is 0 Å². The molecule has 2 aromatic carbocycles. The highest BCUT2D eigenvalue weighted by Crippen LogP contribution is 2.14. The number of aliphatic carboxylic acids is 1. The molecular formula is C20H20N2O6. The van der Waals surface area contributed by atoms with Crippen LogP contribution in [0.4, 0.5) is 5.69 Å². The Morgan fingerprint density at radius 3 is 2.32 bits per heavy atom. The summed E-state index contributed by atoms with van der Waals surface area (Å²) in [7, 11) is 1.54. The van der Waals surface area contributed by atoms with Crippen LogP contribution in [0, 0.1) is 0 Å². The van der Waals surface area contributed by atoms with Crippen molar-refractivity contribution in [1.29, 1.82) is 0 Å². The van der Waals surface area contributed by atoms with Crippen molar-refractivity contribution >= 4 is 29.5 Å². The van der Waals surface area contributed by atoms with Gasteiger partial charge in [-0.05, 0) is 48.0 Å². The van der Waals surface area contributed by atoms with E-state index in [0.717, 1.165) is 5.56 Å². The van der Waals surface area contributed by atoms with Crippen LogP contribution in [-0.4, -0.2) is 43.3 Å². The van der Waals surface area contributed by atoms with Gasteiger partial charge in [0.1, 0.15) is 12.3 Å². The molecule has 0 fully saturated rings. The Bertz CT molecular complexity index is 844. The van der Waals surface area contributed by atoms with Gasteiger partial charge < -0.3 is 25.2 Å². The quantitative estimate of drug-likeness (QED) is 0.451. The molecule has 0 unspecified atom stereocenters. The number of carbonyl (C=O) groups excluding carboxylic acids is 2. The van der Waals surface area contributed by atoms with Gasteiger partial charge in [0.25, 0.3) is 5.91 Å². The fraction of sp³-hybridized carbons (Fsp3) is 0.150. The molecule has 8 nitrogen and oxygen atoms in total. The minimum Gasteiger partial charge on any atom is -0.480 e. The lowest BCUT2D eigenvalue weighted by Gasteiger charge is -2.05. The van der Waals surface area contributed by atoms with Crippen LogP contribution in [0.25, 0.3) is 6.08 Å². The fourth-order valence-electron chi connectivity index (χ4n) is 2.12. The first-order valence-electron chi connectivity index (χ1n) is 8.29. The standard InChI is InChI=1S/C20H20N2O6/c1-27-13-28-17-9-2-14(3-10-17)4-11-18(23)22-16-7-5-15(6-8-16)20(26)21-12-19(24)25/h2-11H,12-13H2,1H3,(H,21,26)(H,22,23)(H,24,25)/b11-4+. The molecular weight excluding hydrogens is 364 g/mol. The van der Waals surface area contributed by atoms with Crippen molar-refractivity contribution in [3.63, 3.8) is 0 Å². The zero-order chi connectivity index (χ0) is 20.4. The van der Waals surface area contributed by atoms with Crippen LogP contribution in [0.15, 0.2) is 54.6 Å². The average Bonchev–Trinajstić information content (AvgIpc) is 2.70. The predicted molar refractivity (Wildman–Crippen MR) is 103 cm³/mol. The first-order chi connectivity index (χ1) is 13.5. The molecule has 3 N–H and O–H groups in total. The molecule has 0 saturated carbocycles. The third-order valence-corrected chi connectivity index (χ3v) is 3.47. The maximum atomic E-state index is 12.0. The fourth-order valence-corrected chi connectivity index (χ4v) is 2.12. The third-order valence-electron chi connectivity index (χ3n) is 3.47. The van der Waals surface area contributed by atoms with Crippen LogP contribution in [0.5, 0.6) is 5.75 Å². The van der Waals surface area contributed by atoms with E-state index in [9.17, 15) is 14.4 Å². The number of ether oxygens (including phenoxy) is 2. The Morgan fingerprint density at radius 1 is 1.04 bits per heavy atom. The van der Waals surface area contributed by atoms with E-state index < -0.39 is 18.4 Å². The summed E-state index contributed by atoms with van der Waals surface area (Å²) >= 11 is 0. The smallest absolute Gasteiger partial charge is 0.322 e. The first kappa shape index (κ1) is 20.7. The highest BCUT2D eigenvalue weighted by atomic mass is 16.7. The molecule has 0 aliphatic carbocycles. The van der Waals surface area contributed by atoms with E-state index in [1.165, 1.54) is 25.3 Å². The topological polar surface area (TPSA) is 114 Å². The molecule has 0 aliphatic heterocycles. The van der Waals surface area contributed by atoms with Gasteiger partial charge in [0.2, 0.25) is 5.91 Å². The number of carboxylic acid groups (broad SMARTS) is 1. The number of carboxylic acids is 1. The van der Waals surface area contributed by atoms with E-state index >= 15 is 0 Å². The van der Waals surface area contributed by atoms with Crippen molar-refractivity contribution < 1.29 is 29.0 Å². The summed E-state index contributed by atoms with van der Waals surface area (Å²) in [6.07, 6.45) is 3.04. The van der Waals surface area contributed by atoms with Gasteiger partial charge in [-0.2, -0.15) is 0 Å². The number of nitrogens with one attached hydrogen (secondary N) is 2. The molecule has 0 aliphatic rings. The van der Waals surface area contributed by atoms with Crippen LogP contribution < -0.4 is 15.4 Å². The maximum Gasteiger partial charge on any atom is 0.322 e. The largest absolute Gasteiger partial charge is 0.480 e. The molecule has 8 heteroatoms. The SMILES string of the molecule is COCOc1ccc(/C=C/C(=O)Nc2ccc(C(=O)NCC(=O)O)cc2)cc1. The molecule has 0 heterocycles. The van der Waals surface area contributed by atoms with Crippen molar-refractivity contribution in [3.05, 3.63) is 65.7 Å². The molecule has 2 rings (SSSR count). The zero-order valence-corrected chi connectivity index (χ0v) is 15.2. The second-order valence-electron chi connectivity index (χ2n) is 5.60. The predicted octanol–water partition coefficient (Wildman–Crippen LogP) is 2.14. The van der Waals surface area contributed by atoms with Gasteiger partial charge in [-0.1, -0.05) is 12.1 Å². The Labute approximate surface area is 161 Å². The highest BCUT2D eigenvalue weighted by Gasteiger charge is 2.07. The maximum absolute atomic E-state index is 12.0. The third kappa shape index (κ3) is 6.93. The minimum absolute atomic E-state index is 0.164. The van der Waals surface area contributed by atoms with E-state index in [2.05, 4.69) is 10.6 Å². The summed E-state index contributed by atoms with van der Waals surface area (Å²) in [4.78, 5) is 34.2. The Hall–Kier alpha value is -3.65. The molecule has 0 radical (unpaired) electrons. The van der Waals surface area contributed by atoms with Gasteiger partial charge >= 0.3 is 5.97 Å². The van der Waals surface area contributed by atoms with Crippen molar-refractivity contribution in [3.8, 4) is 5.75 Å². The minimum atomic E-state index is -1.12. The molecule has 2 amide bonds. The Kier molecular flexibility index (Phi) is 7.74. The summed E-state index contributed by atoms with van der Waals surface area (Å²) < 4.78 is 10.1. The van der Waals surface area contributed by atoms with E-state index in [0.29, 0.717) is 17.0 Å². The van der Waals surface area contributed by atoms with Crippen molar-refractivity contribution in [2.24, 2.45) is 0 Å². The van der Waals surface area contributed by atoms with Crippen molar-refractivity contribution in [2.45, 2.75) is 0 Å². The highest BCUT2D eigenvalue weighted by molar-refractivity contribution is 6.02. The van der Waals surface area contributed by atoms with Gasteiger partial charge in [-0.25, -0.2) is 0 Å². The van der Waals surface area contributed by atoms with E-state index in [1.54, 1.807) is 42.5 Å². The van der Waals surface area contributed by atoms with Crippen LogP contribution >= 0.6 is 0 Å². The number of rotatable bonds is 9. The monoisotopic (exact) mass is 384 g/mol. The number of anilines is 1. The molecule has 146 valence electrons. The summed E-state index contributed by atoms with van der Waals surface area (Å²) in [6.45, 7) is -0.292. The van der Waals surface area contributed by atoms with Crippen molar-refractivity contribution in [1.82, 2.24) is 5.32 Å². The Morgan fingerprint density at radius 2 is 1.71 bits per heavy atom. The lowest BCUT2D eigenvalue weighted by atomic mass is 10.2. The number of hydrogen-bond donors (Lipinski definition) is 3. The van der Waals surface area contributed by atoms with Crippen LogP contribution in [0.3, 0.4) is 0 Å². The first-order valence-corrected chi connectivity index (χ1v) is 8.29. The van der Waals surface area contributed by atoms with Crippen LogP contribution in [0.1, 0.15) is 15.9 Å². The summed E-state index contributed by atoms with van der Waals surface area (Å²) in [5.74, 6) is -1.29. The molecule has 0 atom stereocenters. The Balaban J connectivity index is 1.87. The molecule has 0 bridgehead atoms. The van der Waals surface area contributed by atoms with Gasteiger partial charge in [-0.3, -0.25) is 14.4 Å². The van der Waals surface area contributed by atoms with E-state index in [-0.39, 0.29) is 12.7 Å². The summed E-state index contributed by atoms with van der Waals surface area (Å²) in [5.41, 5.74) is 1.63. The van der Waals surface area contributed by atoms with E-state index in [4.69, 9.17) is 14.6 Å². The van der Waals surface area contributed by atoms with Gasteiger partial charge in [0.05, 0.1) is 0 Å². The normalized spacial score (nSPS) is 10.5. The second kappa shape index (κ2) is 10.5. The molecule has 0 saturated heterocycles. The van der Waals surface area contributed by atoms with Crippen LogP contribution in [0.2, 0.25) is 0 Å². The summed E-state index contributed by atoms with van der Waals surface area (Å²) in [6, 6.07) is 13.3. The molecule has 0 spiro atoms. The van der Waals surface area contributed by atoms with Crippen LogP contribution in [-0.2, 0) is 14.3 Å². The van der Waals surface area contributed by atoms with Crippen molar-refractivity contribution in [2.75, 3.05) is 25.8 Å².